The second-order valence-electron chi connectivity index (χ2n) is 9.96. The van der Waals surface area contributed by atoms with E-state index in [9.17, 15) is 9.59 Å². The van der Waals surface area contributed by atoms with Crippen LogP contribution in [0.5, 0.6) is 5.75 Å². The molecule has 0 N–H and O–H groups in total. The van der Waals surface area contributed by atoms with Crippen molar-refractivity contribution in [2.75, 3.05) is 27.2 Å². The predicted molar refractivity (Wildman–Crippen MR) is 153 cm³/mol. The molecule has 4 rings (SSSR count). The summed E-state index contributed by atoms with van der Waals surface area (Å²) in [5.41, 5.74) is 3.27. The van der Waals surface area contributed by atoms with E-state index in [1.165, 1.54) is 12.7 Å². The zero-order chi connectivity index (χ0) is 27.9. The van der Waals surface area contributed by atoms with Crippen molar-refractivity contribution < 1.29 is 23.5 Å². The first-order valence-corrected chi connectivity index (χ1v) is 14.3. The van der Waals surface area contributed by atoms with Gasteiger partial charge in [-0.3, -0.25) is 9.59 Å². The second-order valence-corrected chi connectivity index (χ2v) is 11.1. The lowest BCUT2D eigenvalue weighted by atomic mass is 9.90. The minimum Gasteiger partial charge on any atom is -0.488 e. The summed E-state index contributed by atoms with van der Waals surface area (Å²) in [6.45, 7) is 8.42. The Bertz CT molecular complexity index is 1290. The SMILES string of the molecule is CCCN(C)C(=O)c1ccc(C(CC(=O)OC)c2ccc(C)c(CN3C[C@@H](CC)Oc4ccccc4S3)c2)o1. The smallest absolute Gasteiger partial charge is 0.306 e. The first kappa shape index (κ1) is 28.8. The number of hydrogen-bond donors (Lipinski definition) is 0. The Morgan fingerprint density at radius 2 is 1.95 bits per heavy atom. The van der Waals surface area contributed by atoms with Gasteiger partial charge in [0.25, 0.3) is 5.91 Å². The fourth-order valence-corrected chi connectivity index (χ4v) is 5.80. The van der Waals surface area contributed by atoms with Gasteiger partial charge in [-0.05, 0) is 72.7 Å². The summed E-state index contributed by atoms with van der Waals surface area (Å²) in [7, 11) is 3.15. The number of fused-ring (bicyclic) bond motifs is 1. The molecule has 1 amide bonds. The number of aryl methyl sites for hydroxylation is 1. The molecule has 1 aliphatic heterocycles. The van der Waals surface area contributed by atoms with Crippen LogP contribution in [-0.2, 0) is 16.1 Å². The summed E-state index contributed by atoms with van der Waals surface area (Å²) in [6, 6.07) is 17.9. The second kappa shape index (κ2) is 13.2. The molecule has 7 nitrogen and oxygen atoms in total. The molecule has 0 spiro atoms. The molecule has 1 aromatic heterocycles. The number of carbonyl (C=O) groups is 2. The quantitative estimate of drug-likeness (QED) is 0.212. The molecule has 0 saturated carbocycles. The molecule has 0 aliphatic carbocycles. The normalized spacial score (nSPS) is 16.1. The lowest BCUT2D eigenvalue weighted by molar-refractivity contribution is -0.140. The van der Waals surface area contributed by atoms with Crippen LogP contribution < -0.4 is 4.74 Å². The molecule has 0 radical (unpaired) electrons. The third-order valence-corrected chi connectivity index (χ3v) is 8.11. The molecule has 3 aromatic rings. The summed E-state index contributed by atoms with van der Waals surface area (Å²) in [5.74, 6) is 0.884. The number of nitrogens with zero attached hydrogens (tertiary/aromatic N) is 2. The Kier molecular flexibility index (Phi) is 9.75. The molecule has 0 bridgehead atoms. The molecular formula is C31H38N2O5S. The van der Waals surface area contributed by atoms with Crippen molar-refractivity contribution in [1.82, 2.24) is 9.21 Å². The topological polar surface area (TPSA) is 72.2 Å². The van der Waals surface area contributed by atoms with Crippen LogP contribution in [0.2, 0.25) is 0 Å². The number of ether oxygens (including phenoxy) is 2. The number of amides is 1. The van der Waals surface area contributed by atoms with Crippen LogP contribution >= 0.6 is 11.9 Å². The Hall–Kier alpha value is -3.23. The highest BCUT2D eigenvalue weighted by Gasteiger charge is 2.27. The van der Waals surface area contributed by atoms with E-state index in [2.05, 4.69) is 36.4 Å². The fraction of sp³-hybridized carbons (Fsp3) is 0.419. The highest BCUT2D eigenvalue weighted by atomic mass is 32.2. The number of para-hydroxylation sites is 1. The Balaban J connectivity index is 1.62. The van der Waals surface area contributed by atoms with Crippen LogP contribution in [0.3, 0.4) is 0 Å². The van der Waals surface area contributed by atoms with E-state index < -0.39 is 0 Å². The van der Waals surface area contributed by atoms with Gasteiger partial charge in [0.15, 0.2) is 5.76 Å². The van der Waals surface area contributed by atoms with Crippen molar-refractivity contribution in [3.05, 3.63) is 82.8 Å². The largest absolute Gasteiger partial charge is 0.488 e. The van der Waals surface area contributed by atoms with E-state index in [0.29, 0.717) is 18.8 Å². The van der Waals surface area contributed by atoms with E-state index in [1.54, 1.807) is 36.0 Å². The monoisotopic (exact) mass is 550 g/mol. The number of hydrogen-bond acceptors (Lipinski definition) is 7. The van der Waals surface area contributed by atoms with Gasteiger partial charge >= 0.3 is 5.97 Å². The van der Waals surface area contributed by atoms with Crippen LogP contribution in [0.4, 0.5) is 0 Å². The van der Waals surface area contributed by atoms with Crippen molar-refractivity contribution in [2.45, 2.75) is 63.5 Å². The van der Waals surface area contributed by atoms with Gasteiger partial charge in [-0.2, -0.15) is 0 Å². The van der Waals surface area contributed by atoms with E-state index in [1.807, 2.05) is 31.2 Å². The third kappa shape index (κ3) is 7.05. The van der Waals surface area contributed by atoms with Gasteiger partial charge in [0.1, 0.15) is 17.6 Å². The van der Waals surface area contributed by atoms with E-state index >= 15 is 0 Å². The van der Waals surface area contributed by atoms with Crippen LogP contribution in [-0.4, -0.2) is 54.4 Å². The van der Waals surface area contributed by atoms with Crippen LogP contribution in [0.15, 0.2) is 63.9 Å². The Labute approximate surface area is 235 Å². The van der Waals surface area contributed by atoms with Gasteiger partial charge in [-0.25, -0.2) is 4.31 Å². The summed E-state index contributed by atoms with van der Waals surface area (Å²) < 4.78 is 19.7. The number of benzene rings is 2. The lowest BCUT2D eigenvalue weighted by Crippen LogP contribution is -2.29. The Morgan fingerprint density at radius 3 is 2.69 bits per heavy atom. The maximum absolute atomic E-state index is 12.8. The number of carbonyl (C=O) groups excluding carboxylic acids is 2. The standard InChI is InChI=1S/C31H38N2O5S/c1-6-16-32(4)31(35)28-15-14-26(38-28)25(18-30(34)36-5)22-13-12-21(3)23(17-22)19-33-20-24(7-2)37-27-10-8-9-11-29(27)39-33/h8-15,17,24-25H,6-7,16,18-20H2,1-5H3/t24-,25?/m1/s1. The molecule has 2 heterocycles. The first-order chi connectivity index (χ1) is 18.8. The molecule has 8 heteroatoms. The van der Waals surface area contributed by atoms with Crippen molar-refractivity contribution >= 4 is 23.8 Å². The van der Waals surface area contributed by atoms with Gasteiger partial charge < -0.3 is 18.8 Å². The predicted octanol–water partition coefficient (Wildman–Crippen LogP) is 6.45. The zero-order valence-electron chi connectivity index (χ0n) is 23.4. The minimum absolute atomic E-state index is 0.0987. The summed E-state index contributed by atoms with van der Waals surface area (Å²) in [5, 5.41) is 0. The first-order valence-electron chi connectivity index (χ1n) is 13.5. The Morgan fingerprint density at radius 1 is 1.15 bits per heavy atom. The maximum Gasteiger partial charge on any atom is 0.306 e. The van der Waals surface area contributed by atoms with E-state index in [4.69, 9.17) is 13.9 Å². The highest BCUT2D eigenvalue weighted by Crippen LogP contribution is 2.38. The summed E-state index contributed by atoms with van der Waals surface area (Å²) >= 11 is 1.71. The van der Waals surface area contributed by atoms with Crippen LogP contribution in [0.25, 0.3) is 0 Å². The third-order valence-electron chi connectivity index (χ3n) is 7.04. The van der Waals surface area contributed by atoms with Crippen molar-refractivity contribution in [3.63, 3.8) is 0 Å². The molecule has 0 saturated heterocycles. The molecule has 2 atom stereocenters. The summed E-state index contributed by atoms with van der Waals surface area (Å²) in [6.07, 6.45) is 1.99. The average molecular weight is 551 g/mol. The number of rotatable bonds is 10. The fourth-order valence-electron chi connectivity index (χ4n) is 4.73. The van der Waals surface area contributed by atoms with Crippen molar-refractivity contribution in [1.29, 1.82) is 0 Å². The van der Waals surface area contributed by atoms with Crippen molar-refractivity contribution in [2.24, 2.45) is 0 Å². The molecule has 2 aromatic carbocycles. The molecule has 39 heavy (non-hydrogen) atoms. The van der Waals surface area contributed by atoms with Gasteiger partial charge in [-0.15, -0.1) is 0 Å². The van der Waals surface area contributed by atoms with Gasteiger partial charge in [0, 0.05) is 26.7 Å². The van der Waals surface area contributed by atoms with Gasteiger partial charge in [0.2, 0.25) is 0 Å². The lowest BCUT2D eigenvalue weighted by Gasteiger charge is -2.24. The van der Waals surface area contributed by atoms with E-state index in [0.717, 1.165) is 41.2 Å². The molecule has 0 fully saturated rings. The van der Waals surface area contributed by atoms with Crippen molar-refractivity contribution in [3.8, 4) is 5.75 Å². The summed E-state index contributed by atoms with van der Waals surface area (Å²) in [4.78, 5) is 28.0. The maximum atomic E-state index is 12.8. The highest BCUT2D eigenvalue weighted by molar-refractivity contribution is 7.97. The number of methoxy groups -OCH3 is 1. The molecule has 1 unspecified atom stereocenters. The molecular weight excluding hydrogens is 512 g/mol. The van der Waals surface area contributed by atoms with E-state index in [-0.39, 0.29) is 36.1 Å². The number of esters is 1. The molecule has 208 valence electrons. The zero-order valence-corrected chi connectivity index (χ0v) is 24.3. The average Bonchev–Trinajstić information content (AvgIpc) is 3.35. The van der Waals surface area contributed by atoms with Crippen LogP contribution in [0.1, 0.15) is 72.0 Å². The van der Waals surface area contributed by atoms with Gasteiger partial charge in [-0.1, -0.05) is 44.2 Å². The van der Waals surface area contributed by atoms with Gasteiger partial charge in [0.05, 0.1) is 24.3 Å². The minimum atomic E-state index is -0.376. The number of furan rings is 1. The van der Waals surface area contributed by atoms with Crippen LogP contribution in [0, 0.1) is 6.92 Å². The molecule has 1 aliphatic rings.